The van der Waals surface area contributed by atoms with Crippen molar-refractivity contribution in [1.82, 2.24) is 10.2 Å². The second kappa shape index (κ2) is 14.9. The van der Waals surface area contributed by atoms with Crippen molar-refractivity contribution in [1.29, 1.82) is 0 Å². The standard InChI is InChI=1S/C37H44N2O4/c1-5-6-26-38-35(41)36(2,3)39(27-32(40)28-43-34-25-17-16-24-33(34)42-4)37(29-18-10-7-11-19-29,30-20-12-8-13-21-30)31-22-14-9-15-23-31/h7-25,32,40H,5-6,26-28H2,1-4H3,(H,38,41). The number of unbranched alkanes of at least 4 members (excludes halogenated alkanes) is 1. The number of methoxy groups -OCH3 is 1. The molecule has 0 aliphatic rings. The van der Waals surface area contributed by atoms with Crippen LogP contribution >= 0.6 is 0 Å². The third kappa shape index (κ3) is 7.10. The maximum Gasteiger partial charge on any atom is 0.240 e. The van der Waals surface area contributed by atoms with Crippen molar-refractivity contribution in [3.05, 3.63) is 132 Å². The Morgan fingerprint density at radius 1 is 0.791 bits per heavy atom. The Balaban J connectivity index is 1.88. The highest BCUT2D eigenvalue weighted by atomic mass is 16.5. The minimum absolute atomic E-state index is 0.0128. The predicted molar refractivity (Wildman–Crippen MR) is 172 cm³/mol. The number of rotatable bonds is 15. The van der Waals surface area contributed by atoms with Gasteiger partial charge in [0.05, 0.1) is 18.2 Å². The second-order valence-corrected chi connectivity index (χ2v) is 11.2. The summed E-state index contributed by atoms with van der Waals surface area (Å²) in [5.74, 6) is 1.04. The molecule has 0 saturated carbocycles. The maximum atomic E-state index is 14.1. The van der Waals surface area contributed by atoms with Crippen LogP contribution in [0.1, 0.15) is 50.3 Å². The predicted octanol–water partition coefficient (Wildman–Crippen LogP) is 6.42. The number of ether oxygens (including phenoxy) is 2. The van der Waals surface area contributed by atoms with Crippen LogP contribution in [0.3, 0.4) is 0 Å². The van der Waals surface area contributed by atoms with E-state index in [1.165, 1.54) is 0 Å². The number of nitrogens with one attached hydrogen (secondary N) is 1. The number of β-amino-alcohol motifs (C(OH)–C–C–N with tert-alkyl or cyclic N) is 1. The molecule has 6 nitrogen and oxygen atoms in total. The molecule has 6 heteroatoms. The van der Waals surface area contributed by atoms with E-state index in [1.54, 1.807) is 7.11 Å². The van der Waals surface area contributed by atoms with Crippen LogP contribution in [-0.2, 0) is 10.3 Å². The van der Waals surface area contributed by atoms with Crippen molar-refractivity contribution < 1.29 is 19.4 Å². The van der Waals surface area contributed by atoms with E-state index in [-0.39, 0.29) is 19.1 Å². The number of carbonyl (C=O) groups is 1. The van der Waals surface area contributed by atoms with Gasteiger partial charge in [-0.2, -0.15) is 0 Å². The minimum Gasteiger partial charge on any atom is -0.493 e. The van der Waals surface area contributed by atoms with Gasteiger partial charge >= 0.3 is 0 Å². The number of amides is 1. The lowest BCUT2D eigenvalue weighted by atomic mass is 9.73. The Labute approximate surface area is 256 Å². The summed E-state index contributed by atoms with van der Waals surface area (Å²) in [4.78, 5) is 16.2. The SMILES string of the molecule is CCCCNC(=O)C(C)(C)N(CC(O)COc1ccccc1OC)C(c1ccccc1)(c1ccccc1)c1ccccc1. The smallest absolute Gasteiger partial charge is 0.240 e. The van der Waals surface area contributed by atoms with Crippen LogP contribution in [-0.4, -0.2) is 54.4 Å². The third-order valence-electron chi connectivity index (χ3n) is 7.92. The lowest BCUT2D eigenvalue weighted by Gasteiger charge is -2.52. The first-order chi connectivity index (χ1) is 20.8. The zero-order chi connectivity index (χ0) is 30.7. The van der Waals surface area contributed by atoms with E-state index < -0.39 is 17.2 Å². The van der Waals surface area contributed by atoms with Gasteiger partial charge in [-0.25, -0.2) is 0 Å². The molecule has 0 fully saturated rings. The molecule has 4 rings (SSSR count). The van der Waals surface area contributed by atoms with Gasteiger partial charge in [-0.1, -0.05) is 116 Å². The van der Waals surface area contributed by atoms with Gasteiger partial charge in [0.1, 0.15) is 12.7 Å². The Morgan fingerprint density at radius 2 is 1.26 bits per heavy atom. The Hall–Kier alpha value is -4.13. The number of hydrogen-bond donors (Lipinski definition) is 2. The fourth-order valence-corrected chi connectivity index (χ4v) is 5.70. The molecular weight excluding hydrogens is 536 g/mol. The van der Waals surface area contributed by atoms with Crippen LogP contribution in [0.4, 0.5) is 0 Å². The van der Waals surface area contributed by atoms with Crippen molar-refractivity contribution in [2.24, 2.45) is 0 Å². The normalized spacial score (nSPS) is 12.5. The van der Waals surface area contributed by atoms with Gasteiger partial charge in [-0.15, -0.1) is 0 Å². The van der Waals surface area contributed by atoms with Crippen LogP contribution in [0.25, 0.3) is 0 Å². The molecule has 43 heavy (non-hydrogen) atoms. The molecule has 0 aliphatic heterocycles. The average molecular weight is 581 g/mol. The van der Waals surface area contributed by atoms with Crippen LogP contribution < -0.4 is 14.8 Å². The van der Waals surface area contributed by atoms with Crippen molar-refractivity contribution in [2.75, 3.05) is 26.8 Å². The largest absolute Gasteiger partial charge is 0.493 e. The number of nitrogens with zero attached hydrogens (tertiary/aromatic N) is 1. The third-order valence-corrected chi connectivity index (χ3v) is 7.92. The minimum atomic E-state index is -1.05. The molecule has 0 bridgehead atoms. The lowest BCUT2D eigenvalue weighted by molar-refractivity contribution is -0.136. The van der Waals surface area contributed by atoms with E-state index in [0.29, 0.717) is 18.0 Å². The summed E-state index contributed by atoms with van der Waals surface area (Å²) in [6, 6.07) is 38.0. The van der Waals surface area contributed by atoms with E-state index in [9.17, 15) is 9.90 Å². The molecule has 2 N–H and O–H groups in total. The summed E-state index contributed by atoms with van der Waals surface area (Å²) in [6.07, 6.45) is 0.923. The van der Waals surface area contributed by atoms with Crippen LogP contribution in [0.5, 0.6) is 11.5 Å². The van der Waals surface area contributed by atoms with Gasteiger partial charge in [0.2, 0.25) is 5.91 Å². The first-order valence-electron chi connectivity index (χ1n) is 15.0. The van der Waals surface area contributed by atoms with Gasteiger partial charge in [-0.3, -0.25) is 9.69 Å². The number of para-hydroxylation sites is 2. The first-order valence-corrected chi connectivity index (χ1v) is 15.0. The molecular formula is C37H44N2O4. The molecule has 0 radical (unpaired) electrons. The Kier molecular flexibility index (Phi) is 11.0. The van der Waals surface area contributed by atoms with E-state index >= 15 is 0 Å². The number of aliphatic hydroxyl groups is 1. The molecule has 4 aromatic carbocycles. The van der Waals surface area contributed by atoms with E-state index in [2.05, 4.69) is 53.5 Å². The summed E-state index contributed by atoms with van der Waals surface area (Å²) in [7, 11) is 1.59. The summed E-state index contributed by atoms with van der Waals surface area (Å²) in [6.45, 7) is 6.71. The molecule has 226 valence electrons. The fourth-order valence-electron chi connectivity index (χ4n) is 5.70. The van der Waals surface area contributed by atoms with Gasteiger partial charge in [0, 0.05) is 13.1 Å². The highest BCUT2D eigenvalue weighted by molar-refractivity contribution is 5.86. The van der Waals surface area contributed by atoms with Crippen molar-refractivity contribution in [2.45, 2.75) is 50.8 Å². The first kappa shape index (κ1) is 31.8. The number of hydrogen-bond acceptors (Lipinski definition) is 5. The average Bonchev–Trinajstić information content (AvgIpc) is 3.05. The molecule has 1 unspecified atom stereocenters. The quantitative estimate of drug-likeness (QED) is 0.125. The summed E-state index contributed by atoms with van der Waals surface area (Å²) in [5, 5.41) is 14.8. The molecule has 0 saturated heterocycles. The topological polar surface area (TPSA) is 71.0 Å². The van der Waals surface area contributed by atoms with E-state index in [4.69, 9.17) is 9.47 Å². The van der Waals surface area contributed by atoms with E-state index in [1.807, 2.05) is 92.7 Å². The zero-order valence-corrected chi connectivity index (χ0v) is 25.7. The number of benzene rings is 4. The van der Waals surface area contributed by atoms with Crippen LogP contribution in [0.2, 0.25) is 0 Å². The summed E-state index contributed by atoms with van der Waals surface area (Å²) in [5.41, 5.74) is 0.973. The highest BCUT2D eigenvalue weighted by Gasteiger charge is 2.51. The summed E-state index contributed by atoms with van der Waals surface area (Å²) < 4.78 is 11.5. The molecule has 4 aromatic rings. The zero-order valence-electron chi connectivity index (χ0n) is 25.7. The van der Waals surface area contributed by atoms with Crippen molar-refractivity contribution >= 4 is 5.91 Å². The highest BCUT2D eigenvalue weighted by Crippen LogP contribution is 2.46. The molecule has 1 amide bonds. The molecule has 0 heterocycles. The van der Waals surface area contributed by atoms with Crippen LogP contribution in [0, 0.1) is 0 Å². The Morgan fingerprint density at radius 3 is 1.72 bits per heavy atom. The number of carbonyl (C=O) groups excluding carboxylic acids is 1. The monoisotopic (exact) mass is 580 g/mol. The second-order valence-electron chi connectivity index (χ2n) is 11.2. The van der Waals surface area contributed by atoms with Crippen molar-refractivity contribution in [3.63, 3.8) is 0 Å². The lowest BCUT2D eigenvalue weighted by Crippen LogP contribution is -2.65. The molecule has 0 aliphatic carbocycles. The Bertz CT molecular complexity index is 1310. The number of aliphatic hydroxyl groups excluding tert-OH is 1. The van der Waals surface area contributed by atoms with Gasteiger partial charge < -0.3 is 19.9 Å². The van der Waals surface area contributed by atoms with E-state index in [0.717, 1.165) is 29.5 Å². The molecule has 1 atom stereocenters. The van der Waals surface area contributed by atoms with Crippen molar-refractivity contribution in [3.8, 4) is 11.5 Å². The summed E-state index contributed by atoms with van der Waals surface area (Å²) >= 11 is 0. The van der Waals surface area contributed by atoms with Crippen LogP contribution in [0.15, 0.2) is 115 Å². The molecule has 0 aromatic heterocycles. The molecule has 0 spiro atoms. The van der Waals surface area contributed by atoms with Gasteiger partial charge in [-0.05, 0) is 49.1 Å². The maximum absolute atomic E-state index is 14.1. The fraction of sp³-hybridized carbons (Fsp3) is 0.324. The van der Waals surface area contributed by atoms with Gasteiger partial charge in [0.15, 0.2) is 11.5 Å². The van der Waals surface area contributed by atoms with Gasteiger partial charge in [0.25, 0.3) is 0 Å².